The van der Waals surface area contributed by atoms with Crippen LogP contribution < -0.4 is 0 Å². The van der Waals surface area contributed by atoms with Gasteiger partial charge in [0.15, 0.2) is 0 Å². The number of phenolic OH excluding ortho intramolecular Hbond substituents is 2. The van der Waals surface area contributed by atoms with E-state index in [0.29, 0.717) is 42.9 Å². The predicted molar refractivity (Wildman–Crippen MR) is 79.4 cm³/mol. The first kappa shape index (κ1) is 16.5. The van der Waals surface area contributed by atoms with Crippen molar-refractivity contribution < 1.29 is 23.4 Å². The number of alkyl halides is 3. The number of aromatic hydroxyl groups is 2. The van der Waals surface area contributed by atoms with Gasteiger partial charge in [0.1, 0.15) is 11.5 Å². The average Bonchev–Trinajstić information content (AvgIpc) is 2.49. The van der Waals surface area contributed by atoms with Crippen molar-refractivity contribution in [2.24, 2.45) is 0 Å². The van der Waals surface area contributed by atoms with E-state index in [9.17, 15) is 23.4 Å². The Kier molecular flexibility index (Phi) is 4.08. The summed E-state index contributed by atoms with van der Waals surface area (Å²) >= 11 is 0. The smallest absolute Gasteiger partial charge is 0.451 e. The second-order valence-electron chi connectivity index (χ2n) is 5.88. The zero-order valence-electron chi connectivity index (χ0n) is 12.9. The molecule has 2 N–H and O–H groups in total. The third-order valence-corrected chi connectivity index (χ3v) is 4.08. The highest BCUT2D eigenvalue weighted by atomic mass is 19.4. The SMILES string of the molecule is Cc1cc(O)cc(O)c1CN1CCc2nc(C(F)(F)F)ncc2C1. The molecule has 0 spiro atoms. The molecule has 2 heterocycles. The van der Waals surface area contributed by atoms with Crippen molar-refractivity contribution >= 4 is 0 Å². The van der Waals surface area contributed by atoms with Gasteiger partial charge in [-0.3, -0.25) is 4.90 Å². The van der Waals surface area contributed by atoms with Crippen LogP contribution in [0.4, 0.5) is 13.2 Å². The van der Waals surface area contributed by atoms with Crippen LogP contribution in [0.25, 0.3) is 0 Å². The van der Waals surface area contributed by atoms with Gasteiger partial charge in [0.25, 0.3) is 0 Å². The van der Waals surface area contributed by atoms with E-state index in [-0.39, 0.29) is 11.5 Å². The molecule has 0 unspecified atom stereocenters. The second kappa shape index (κ2) is 5.94. The Labute approximate surface area is 136 Å². The van der Waals surface area contributed by atoms with Crippen LogP contribution in [0.2, 0.25) is 0 Å². The van der Waals surface area contributed by atoms with Crippen molar-refractivity contribution in [2.75, 3.05) is 6.54 Å². The maximum absolute atomic E-state index is 12.7. The molecule has 1 aliphatic rings. The van der Waals surface area contributed by atoms with Gasteiger partial charge in [0, 0.05) is 49.4 Å². The van der Waals surface area contributed by atoms with Crippen molar-refractivity contribution in [3.8, 4) is 11.5 Å². The molecule has 0 saturated carbocycles. The third-order valence-electron chi connectivity index (χ3n) is 4.08. The molecule has 0 aliphatic carbocycles. The number of nitrogens with zero attached hydrogens (tertiary/aromatic N) is 3. The number of benzene rings is 1. The lowest BCUT2D eigenvalue weighted by Gasteiger charge is -2.29. The van der Waals surface area contributed by atoms with Gasteiger partial charge >= 0.3 is 6.18 Å². The van der Waals surface area contributed by atoms with Crippen LogP contribution in [-0.4, -0.2) is 31.6 Å². The molecule has 0 saturated heterocycles. The number of hydrogen-bond donors (Lipinski definition) is 2. The summed E-state index contributed by atoms with van der Waals surface area (Å²) in [5, 5.41) is 19.5. The van der Waals surface area contributed by atoms with Crippen LogP contribution in [0.5, 0.6) is 11.5 Å². The highest BCUT2D eigenvalue weighted by Crippen LogP contribution is 2.30. The van der Waals surface area contributed by atoms with E-state index in [2.05, 4.69) is 9.97 Å². The number of fused-ring (bicyclic) bond motifs is 1. The first-order chi connectivity index (χ1) is 11.2. The van der Waals surface area contributed by atoms with E-state index in [1.54, 1.807) is 13.0 Å². The zero-order chi connectivity index (χ0) is 17.5. The quantitative estimate of drug-likeness (QED) is 0.880. The van der Waals surface area contributed by atoms with Gasteiger partial charge in [-0.2, -0.15) is 13.2 Å². The minimum Gasteiger partial charge on any atom is -0.508 e. The Hall–Kier alpha value is -2.35. The molecule has 0 atom stereocenters. The first-order valence-corrected chi connectivity index (χ1v) is 7.40. The predicted octanol–water partition coefficient (Wildman–Crippen LogP) is 2.77. The minimum absolute atomic E-state index is 0.00182. The van der Waals surface area contributed by atoms with Crippen LogP contribution in [0.1, 0.15) is 28.2 Å². The van der Waals surface area contributed by atoms with E-state index < -0.39 is 12.0 Å². The molecule has 128 valence electrons. The molecule has 5 nitrogen and oxygen atoms in total. The van der Waals surface area contributed by atoms with Crippen molar-refractivity contribution in [3.05, 3.63) is 46.5 Å². The van der Waals surface area contributed by atoms with Crippen molar-refractivity contribution in [3.63, 3.8) is 0 Å². The van der Waals surface area contributed by atoms with Gasteiger partial charge in [-0.25, -0.2) is 9.97 Å². The normalized spacial score (nSPS) is 15.3. The fraction of sp³-hybridized carbons (Fsp3) is 0.375. The van der Waals surface area contributed by atoms with Gasteiger partial charge in [-0.05, 0) is 18.6 Å². The largest absolute Gasteiger partial charge is 0.508 e. The fourth-order valence-corrected chi connectivity index (χ4v) is 2.86. The van der Waals surface area contributed by atoms with Crippen molar-refractivity contribution in [1.29, 1.82) is 0 Å². The molecule has 8 heteroatoms. The summed E-state index contributed by atoms with van der Waals surface area (Å²) in [5.74, 6) is -1.12. The van der Waals surface area contributed by atoms with Crippen LogP contribution >= 0.6 is 0 Å². The van der Waals surface area contributed by atoms with Crippen molar-refractivity contribution in [2.45, 2.75) is 32.6 Å². The molecule has 1 aromatic carbocycles. The maximum Gasteiger partial charge on any atom is 0.451 e. The Morgan fingerprint density at radius 3 is 2.67 bits per heavy atom. The Morgan fingerprint density at radius 2 is 2.00 bits per heavy atom. The summed E-state index contributed by atoms with van der Waals surface area (Å²) in [5.41, 5.74) is 2.51. The molecular weight excluding hydrogens is 323 g/mol. The third kappa shape index (κ3) is 3.28. The van der Waals surface area contributed by atoms with Crippen LogP contribution in [0.15, 0.2) is 18.3 Å². The van der Waals surface area contributed by atoms with E-state index in [1.807, 2.05) is 4.90 Å². The molecule has 2 aromatic rings. The summed E-state index contributed by atoms with van der Waals surface area (Å²) in [6.07, 6.45) is -2.93. The number of phenols is 2. The van der Waals surface area contributed by atoms with Crippen molar-refractivity contribution in [1.82, 2.24) is 14.9 Å². The van der Waals surface area contributed by atoms with Crippen LogP contribution in [0.3, 0.4) is 0 Å². The Bertz CT molecular complexity index is 755. The first-order valence-electron chi connectivity index (χ1n) is 7.40. The monoisotopic (exact) mass is 339 g/mol. The number of rotatable bonds is 2. The van der Waals surface area contributed by atoms with Gasteiger partial charge < -0.3 is 10.2 Å². The molecule has 1 aliphatic heterocycles. The molecule has 0 bridgehead atoms. The lowest BCUT2D eigenvalue weighted by Crippen LogP contribution is -2.31. The summed E-state index contributed by atoms with van der Waals surface area (Å²) in [7, 11) is 0. The summed E-state index contributed by atoms with van der Waals surface area (Å²) in [6, 6.07) is 2.84. The number of halogens is 3. The van der Waals surface area contributed by atoms with Gasteiger partial charge in [-0.1, -0.05) is 0 Å². The molecule has 0 radical (unpaired) electrons. The van der Waals surface area contributed by atoms with Crippen LogP contribution in [0, 0.1) is 6.92 Å². The summed E-state index contributed by atoms with van der Waals surface area (Å²) in [6.45, 7) is 3.15. The standard InChI is InChI=1S/C16H16F3N3O2/c1-9-4-11(23)5-14(24)12(9)8-22-3-2-13-10(7-22)6-20-15(21-13)16(17,18)19/h4-6,23-24H,2-3,7-8H2,1H3. The summed E-state index contributed by atoms with van der Waals surface area (Å²) in [4.78, 5) is 9.03. The minimum atomic E-state index is -4.54. The maximum atomic E-state index is 12.7. The van der Waals surface area contributed by atoms with E-state index in [4.69, 9.17) is 0 Å². The van der Waals surface area contributed by atoms with E-state index in [1.165, 1.54) is 12.3 Å². The highest BCUT2D eigenvalue weighted by Gasteiger charge is 2.35. The van der Waals surface area contributed by atoms with Crippen LogP contribution in [-0.2, 0) is 25.7 Å². The number of aryl methyl sites for hydroxylation is 1. The van der Waals surface area contributed by atoms with Gasteiger partial charge in [0.05, 0.1) is 5.69 Å². The average molecular weight is 339 g/mol. The Balaban J connectivity index is 1.79. The number of aromatic nitrogens is 2. The topological polar surface area (TPSA) is 69.5 Å². The van der Waals surface area contributed by atoms with E-state index in [0.717, 1.165) is 5.56 Å². The molecule has 24 heavy (non-hydrogen) atoms. The Morgan fingerprint density at radius 1 is 1.25 bits per heavy atom. The molecule has 0 fully saturated rings. The zero-order valence-corrected chi connectivity index (χ0v) is 12.9. The molecule has 3 rings (SSSR count). The second-order valence-corrected chi connectivity index (χ2v) is 5.88. The van der Waals surface area contributed by atoms with Gasteiger partial charge in [-0.15, -0.1) is 0 Å². The number of hydrogen-bond acceptors (Lipinski definition) is 5. The van der Waals surface area contributed by atoms with E-state index >= 15 is 0 Å². The fourth-order valence-electron chi connectivity index (χ4n) is 2.86. The highest BCUT2D eigenvalue weighted by molar-refractivity contribution is 5.44. The molecule has 1 aromatic heterocycles. The summed E-state index contributed by atoms with van der Waals surface area (Å²) < 4.78 is 38.0. The van der Waals surface area contributed by atoms with Gasteiger partial charge in [0.2, 0.25) is 5.82 Å². The molecule has 0 amide bonds. The molecular formula is C16H16F3N3O2. The lowest BCUT2D eigenvalue weighted by molar-refractivity contribution is -0.145. The lowest BCUT2D eigenvalue weighted by atomic mass is 10.0.